The number of rotatable bonds is 6. The Morgan fingerprint density at radius 2 is 1.62 bits per heavy atom. The summed E-state index contributed by atoms with van der Waals surface area (Å²) in [7, 11) is 1.73. The summed E-state index contributed by atoms with van der Waals surface area (Å²) in [5, 5.41) is 3.11. The number of imidazole rings is 1. The van der Waals surface area contributed by atoms with Crippen molar-refractivity contribution in [2.24, 2.45) is 13.0 Å². The molecule has 136 valence electrons. The highest BCUT2D eigenvalue weighted by Crippen LogP contribution is 2.21. The number of carbonyl (C=O) groups excluding carboxylic acids is 1. The molecular weight excluding hydrogens is 326 g/mol. The summed E-state index contributed by atoms with van der Waals surface area (Å²) in [4.78, 5) is 25.2. The molecule has 5 heteroatoms. The van der Waals surface area contributed by atoms with Gasteiger partial charge in [-0.05, 0) is 30.0 Å². The van der Waals surface area contributed by atoms with E-state index in [1.807, 2.05) is 54.6 Å². The molecule has 1 unspecified atom stereocenters. The number of benzene rings is 2. The average molecular weight is 351 g/mol. The summed E-state index contributed by atoms with van der Waals surface area (Å²) in [6.07, 6.45) is 0.847. The molecule has 0 aliphatic rings. The van der Waals surface area contributed by atoms with Crippen LogP contribution in [0.5, 0.6) is 0 Å². The Labute approximate surface area is 153 Å². The van der Waals surface area contributed by atoms with Gasteiger partial charge in [0, 0.05) is 7.05 Å². The Morgan fingerprint density at radius 3 is 2.27 bits per heavy atom. The molecule has 0 radical (unpaired) electrons. The van der Waals surface area contributed by atoms with Gasteiger partial charge in [0.05, 0.1) is 17.1 Å². The third kappa shape index (κ3) is 3.72. The number of nitrogens with one attached hydrogen (secondary N) is 1. The molecule has 0 spiro atoms. The lowest BCUT2D eigenvalue weighted by atomic mass is 9.97. The van der Waals surface area contributed by atoms with Crippen LogP contribution in [-0.4, -0.2) is 15.0 Å². The topological polar surface area (TPSA) is 56.0 Å². The summed E-state index contributed by atoms with van der Waals surface area (Å²) in [6.45, 7) is 4.29. The van der Waals surface area contributed by atoms with Gasteiger partial charge in [0.2, 0.25) is 5.91 Å². The van der Waals surface area contributed by atoms with Gasteiger partial charge >= 0.3 is 5.69 Å². The normalized spacial score (nSPS) is 12.5. The van der Waals surface area contributed by atoms with Gasteiger partial charge in [-0.15, -0.1) is 0 Å². The molecule has 1 heterocycles. The molecule has 3 aromatic rings. The average Bonchev–Trinajstić information content (AvgIpc) is 2.87. The van der Waals surface area contributed by atoms with Gasteiger partial charge in [0.25, 0.3) is 0 Å². The van der Waals surface area contributed by atoms with E-state index < -0.39 is 0 Å². The number of aryl methyl sites for hydroxylation is 1. The molecule has 1 amide bonds. The molecule has 0 saturated heterocycles. The highest BCUT2D eigenvalue weighted by molar-refractivity contribution is 5.81. The maximum Gasteiger partial charge on any atom is 0.329 e. The Morgan fingerprint density at radius 1 is 1.00 bits per heavy atom. The van der Waals surface area contributed by atoms with Gasteiger partial charge in [-0.3, -0.25) is 13.9 Å². The van der Waals surface area contributed by atoms with Crippen molar-refractivity contribution >= 4 is 16.9 Å². The second-order valence-corrected chi connectivity index (χ2v) is 7.08. The van der Waals surface area contributed by atoms with E-state index in [-0.39, 0.29) is 24.2 Å². The molecule has 0 aliphatic carbocycles. The van der Waals surface area contributed by atoms with Gasteiger partial charge in [0.15, 0.2) is 0 Å². The van der Waals surface area contributed by atoms with Crippen molar-refractivity contribution in [3.8, 4) is 0 Å². The van der Waals surface area contributed by atoms with E-state index in [0.29, 0.717) is 5.92 Å². The SMILES string of the molecule is CC(C)CC(NC(=O)Cn1c(=O)n(C)c2ccccc21)c1ccccc1. The van der Waals surface area contributed by atoms with Crippen molar-refractivity contribution in [3.63, 3.8) is 0 Å². The van der Waals surface area contributed by atoms with E-state index in [2.05, 4.69) is 19.2 Å². The van der Waals surface area contributed by atoms with Gasteiger partial charge in [-0.2, -0.15) is 0 Å². The van der Waals surface area contributed by atoms with Crippen LogP contribution in [0.25, 0.3) is 11.0 Å². The minimum absolute atomic E-state index is 0.0155. The van der Waals surface area contributed by atoms with Crippen molar-refractivity contribution in [2.75, 3.05) is 0 Å². The number of carbonyl (C=O) groups is 1. The van der Waals surface area contributed by atoms with Crippen molar-refractivity contribution in [2.45, 2.75) is 32.9 Å². The summed E-state index contributed by atoms with van der Waals surface area (Å²) >= 11 is 0. The zero-order chi connectivity index (χ0) is 18.7. The smallest absolute Gasteiger partial charge is 0.329 e. The molecule has 5 nitrogen and oxygen atoms in total. The lowest BCUT2D eigenvalue weighted by Gasteiger charge is -2.21. The molecule has 0 aliphatic heterocycles. The number of hydrogen-bond donors (Lipinski definition) is 1. The van der Waals surface area contributed by atoms with E-state index in [4.69, 9.17) is 0 Å². The molecule has 26 heavy (non-hydrogen) atoms. The fourth-order valence-electron chi connectivity index (χ4n) is 3.33. The Balaban J connectivity index is 1.83. The predicted octanol–water partition coefficient (Wildman–Crippen LogP) is 3.24. The van der Waals surface area contributed by atoms with Crippen LogP contribution in [0.3, 0.4) is 0 Å². The fraction of sp³-hybridized carbons (Fsp3) is 0.333. The predicted molar refractivity (Wildman–Crippen MR) is 104 cm³/mol. The highest BCUT2D eigenvalue weighted by Gasteiger charge is 2.18. The highest BCUT2D eigenvalue weighted by atomic mass is 16.2. The van der Waals surface area contributed by atoms with Crippen LogP contribution in [0.15, 0.2) is 59.4 Å². The lowest BCUT2D eigenvalue weighted by molar-refractivity contribution is -0.122. The van der Waals surface area contributed by atoms with E-state index >= 15 is 0 Å². The number of nitrogens with zero attached hydrogens (tertiary/aromatic N) is 2. The standard InChI is InChI=1S/C21H25N3O2/c1-15(2)13-17(16-9-5-4-6-10-16)22-20(25)14-24-19-12-8-7-11-18(19)23(3)21(24)26/h4-12,15,17H,13-14H2,1-3H3,(H,22,25). The van der Waals surface area contributed by atoms with Crippen LogP contribution in [0, 0.1) is 5.92 Å². The fourth-order valence-corrected chi connectivity index (χ4v) is 3.33. The van der Waals surface area contributed by atoms with Gasteiger partial charge in [0.1, 0.15) is 6.54 Å². The van der Waals surface area contributed by atoms with Gasteiger partial charge in [-0.1, -0.05) is 56.3 Å². The first kappa shape index (κ1) is 18.0. The Kier molecular flexibility index (Phi) is 5.26. The maximum absolute atomic E-state index is 12.7. The molecule has 3 rings (SSSR count). The third-order valence-electron chi connectivity index (χ3n) is 4.60. The number of fused-ring (bicyclic) bond motifs is 1. The van der Waals surface area contributed by atoms with Crippen LogP contribution >= 0.6 is 0 Å². The quantitative estimate of drug-likeness (QED) is 0.741. The first-order valence-electron chi connectivity index (χ1n) is 8.96. The van der Waals surface area contributed by atoms with Crippen LogP contribution in [0.1, 0.15) is 31.9 Å². The van der Waals surface area contributed by atoms with Crippen molar-refractivity contribution < 1.29 is 4.79 Å². The number of aromatic nitrogens is 2. The van der Waals surface area contributed by atoms with E-state index in [1.54, 1.807) is 11.6 Å². The zero-order valence-electron chi connectivity index (χ0n) is 15.5. The van der Waals surface area contributed by atoms with E-state index in [1.165, 1.54) is 4.57 Å². The molecule has 0 bridgehead atoms. The van der Waals surface area contributed by atoms with Crippen molar-refractivity contribution in [1.29, 1.82) is 0 Å². The first-order chi connectivity index (χ1) is 12.5. The molecule has 0 fully saturated rings. The lowest BCUT2D eigenvalue weighted by Crippen LogP contribution is -2.35. The summed E-state index contributed by atoms with van der Waals surface area (Å²) < 4.78 is 3.10. The summed E-state index contributed by atoms with van der Waals surface area (Å²) in [6, 6.07) is 17.4. The van der Waals surface area contributed by atoms with E-state index in [0.717, 1.165) is 23.0 Å². The van der Waals surface area contributed by atoms with Crippen LogP contribution in [0.4, 0.5) is 0 Å². The second kappa shape index (κ2) is 7.60. The van der Waals surface area contributed by atoms with Gasteiger partial charge in [-0.25, -0.2) is 4.79 Å². The van der Waals surface area contributed by atoms with Crippen LogP contribution < -0.4 is 11.0 Å². The number of para-hydroxylation sites is 2. The minimum Gasteiger partial charge on any atom is -0.348 e. The zero-order valence-corrected chi connectivity index (χ0v) is 15.5. The number of amides is 1. The Bertz CT molecular complexity index is 954. The van der Waals surface area contributed by atoms with Crippen molar-refractivity contribution in [3.05, 3.63) is 70.6 Å². The minimum atomic E-state index is -0.179. The summed E-state index contributed by atoms with van der Waals surface area (Å²) in [5.74, 6) is 0.291. The molecule has 1 atom stereocenters. The van der Waals surface area contributed by atoms with Crippen molar-refractivity contribution in [1.82, 2.24) is 14.5 Å². The molecule has 2 aromatic carbocycles. The Hall–Kier alpha value is -2.82. The molecular formula is C21H25N3O2. The third-order valence-corrected chi connectivity index (χ3v) is 4.60. The largest absolute Gasteiger partial charge is 0.348 e. The van der Waals surface area contributed by atoms with Gasteiger partial charge < -0.3 is 5.32 Å². The maximum atomic E-state index is 12.7. The molecule has 0 saturated carbocycles. The van der Waals surface area contributed by atoms with Crippen LogP contribution in [0.2, 0.25) is 0 Å². The van der Waals surface area contributed by atoms with Crippen LogP contribution in [-0.2, 0) is 18.4 Å². The monoisotopic (exact) mass is 351 g/mol. The summed E-state index contributed by atoms with van der Waals surface area (Å²) in [5.41, 5.74) is 2.50. The molecule has 1 N–H and O–H groups in total. The number of hydrogen-bond acceptors (Lipinski definition) is 2. The second-order valence-electron chi connectivity index (χ2n) is 7.08. The van der Waals surface area contributed by atoms with E-state index in [9.17, 15) is 9.59 Å². The molecule has 1 aromatic heterocycles. The first-order valence-corrected chi connectivity index (χ1v) is 8.96.